The van der Waals surface area contributed by atoms with E-state index >= 15 is 0 Å². The molecule has 1 atom stereocenters. The van der Waals surface area contributed by atoms with E-state index in [2.05, 4.69) is 27.9 Å². The fourth-order valence-electron chi connectivity index (χ4n) is 2.81. The van der Waals surface area contributed by atoms with Crippen molar-refractivity contribution in [1.29, 1.82) is 0 Å². The first-order chi connectivity index (χ1) is 9.50. The Morgan fingerprint density at radius 2 is 1.90 bits per heavy atom. The summed E-state index contributed by atoms with van der Waals surface area (Å²) in [5, 5.41) is 2.95. The Balaban J connectivity index is 1.95. The summed E-state index contributed by atoms with van der Waals surface area (Å²) in [4.78, 5) is 26.6. The van der Waals surface area contributed by atoms with Gasteiger partial charge in [-0.25, -0.2) is 0 Å². The van der Waals surface area contributed by atoms with Crippen LogP contribution in [0.25, 0.3) is 0 Å². The SMILES string of the molecule is CC1(C2CC2)NC(=O)CCN(c2ccc(I)cc2)C1=O. The molecule has 2 aliphatic rings. The summed E-state index contributed by atoms with van der Waals surface area (Å²) >= 11 is 2.24. The van der Waals surface area contributed by atoms with Crippen LogP contribution in [0.2, 0.25) is 0 Å². The van der Waals surface area contributed by atoms with Crippen LogP contribution in [0.1, 0.15) is 26.2 Å². The minimum Gasteiger partial charge on any atom is -0.342 e. The molecule has 0 aromatic heterocycles. The van der Waals surface area contributed by atoms with Crippen LogP contribution < -0.4 is 10.2 Å². The van der Waals surface area contributed by atoms with Gasteiger partial charge in [0.2, 0.25) is 5.91 Å². The van der Waals surface area contributed by atoms with Gasteiger partial charge in [0.1, 0.15) is 5.54 Å². The first kappa shape index (κ1) is 13.9. The number of carbonyl (C=O) groups excluding carboxylic acids is 2. The molecule has 2 fully saturated rings. The van der Waals surface area contributed by atoms with E-state index in [1.54, 1.807) is 4.90 Å². The highest BCUT2D eigenvalue weighted by Gasteiger charge is 2.51. The van der Waals surface area contributed by atoms with Gasteiger partial charge in [0, 0.05) is 22.2 Å². The number of nitrogens with one attached hydrogen (secondary N) is 1. The molecule has 0 spiro atoms. The van der Waals surface area contributed by atoms with Crippen LogP contribution in [-0.2, 0) is 9.59 Å². The van der Waals surface area contributed by atoms with Crippen molar-refractivity contribution in [1.82, 2.24) is 5.32 Å². The molecule has 4 nitrogen and oxygen atoms in total. The summed E-state index contributed by atoms with van der Waals surface area (Å²) < 4.78 is 1.13. The molecule has 5 heteroatoms. The summed E-state index contributed by atoms with van der Waals surface area (Å²) in [6.07, 6.45) is 2.39. The molecule has 0 bridgehead atoms. The number of hydrogen-bond acceptors (Lipinski definition) is 2. The third-order valence-electron chi connectivity index (χ3n) is 4.18. The number of nitrogens with zero attached hydrogens (tertiary/aromatic N) is 1. The molecular weight excluding hydrogens is 367 g/mol. The molecule has 20 heavy (non-hydrogen) atoms. The third kappa shape index (κ3) is 2.43. The fourth-order valence-corrected chi connectivity index (χ4v) is 3.17. The Labute approximate surface area is 132 Å². The lowest BCUT2D eigenvalue weighted by atomic mass is 9.94. The van der Waals surface area contributed by atoms with Gasteiger partial charge in [-0.1, -0.05) is 0 Å². The smallest absolute Gasteiger partial charge is 0.252 e. The normalized spacial score (nSPS) is 27.2. The van der Waals surface area contributed by atoms with E-state index in [0.29, 0.717) is 13.0 Å². The molecular formula is C15H17IN2O2. The van der Waals surface area contributed by atoms with Gasteiger partial charge >= 0.3 is 0 Å². The maximum Gasteiger partial charge on any atom is 0.252 e. The number of carbonyl (C=O) groups is 2. The van der Waals surface area contributed by atoms with Crippen molar-refractivity contribution in [3.05, 3.63) is 27.8 Å². The summed E-state index contributed by atoms with van der Waals surface area (Å²) in [7, 11) is 0. The van der Waals surface area contributed by atoms with Crippen molar-refractivity contribution in [2.75, 3.05) is 11.4 Å². The Morgan fingerprint density at radius 1 is 1.25 bits per heavy atom. The van der Waals surface area contributed by atoms with E-state index in [4.69, 9.17) is 0 Å². The van der Waals surface area contributed by atoms with Crippen LogP contribution in [-0.4, -0.2) is 23.9 Å². The highest BCUT2D eigenvalue weighted by molar-refractivity contribution is 14.1. The average molecular weight is 384 g/mol. The monoisotopic (exact) mass is 384 g/mol. The summed E-state index contributed by atoms with van der Waals surface area (Å²) in [6.45, 7) is 2.32. The van der Waals surface area contributed by atoms with Gasteiger partial charge in [0.15, 0.2) is 0 Å². The van der Waals surface area contributed by atoms with E-state index in [-0.39, 0.29) is 17.7 Å². The number of hydrogen-bond donors (Lipinski definition) is 1. The van der Waals surface area contributed by atoms with Crippen molar-refractivity contribution in [2.45, 2.75) is 31.7 Å². The Kier molecular flexibility index (Phi) is 3.48. The van der Waals surface area contributed by atoms with Gasteiger partial charge in [0.25, 0.3) is 5.91 Å². The first-order valence-corrected chi connectivity index (χ1v) is 7.97. The number of rotatable bonds is 2. The standard InChI is InChI=1S/C15H17IN2O2/c1-15(10-2-3-10)14(20)18(9-8-13(19)17-15)12-6-4-11(16)5-7-12/h4-7,10H,2-3,8-9H2,1H3,(H,17,19). The Morgan fingerprint density at radius 3 is 2.50 bits per heavy atom. The summed E-state index contributed by atoms with van der Waals surface area (Å²) in [5.74, 6) is 0.274. The highest BCUT2D eigenvalue weighted by atomic mass is 127. The van der Waals surface area contributed by atoms with Crippen molar-refractivity contribution >= 4 is 40.1 Å². The number of anilines is 1. The predicted molar refractivity (Wildman–Crippen MR) is 85.4 cm³/mol. The average Bonchev–Trinajstić information content (AvgIpc) is 3.24. The second kappa shape index (κ2) is 5.02. The molecule has 2 amide bonds. The van der Waals surface area contributed by atoms with Crippen molar-refractivity contribution in [3.8, 4) is 0 Å². The topological polar surface area (TPSA) is 49.4 Å². The van der Waals surface area contributed by atoms with Crippen LogP contribution >= 0.6 is 22.6 Å². The van der Waals surface area contributed by atoms with Crippen LogP contribution in [0.4, 0.5) is 5.69 Å². The zero-order valence-electron chi connectivity index (χ0n) is 11.4. The molecule has 1 unspecified atom stereocenters. The largest absolute Gasteiger partial charge is 0.342 e. The molecule has 1 aromatic carbocycles. The molecule has 106 valence electrons. The van der Waals surface area contributed by atoms with Crippen molar-refractivity contribution < 1.29 is 9.59 Å². The van der Waals surface area contributed by atoms with Gasteiger partial charge in [-0.3, -0.25) is 9.59 Å². The maximum atomic E-state index is 12.9. The summed E-state index contributed by atoms with van der Waals surface area (Å²) in [6, 6.07) is 7.86. The quantitative estimate of drug-likeness (QED) is 0.796. The fraction of sp³-hybridized carbons (Fsp3) is 0.467. The van der Waals surface area contributed by atoms with Crippen LogP contribution in [0.3, 0.4) is 0 Å². The molecule has 1 saturated carbocycles. The molecule has 1 aromatic rings. The van der Waals surface area contributed by atoms with Gasteiger partial charge in [-0.05, 0) is 72.5 Å². The van der Waals surface area contributed by atoms with Crippen LogP contribution in [0.5, 0.6) is 0 Å². The summed E-state index contributed by atoms with van der Waals surface area (Å²) in [5.41, 5.74) is 0.134. The molecule has 1 saturated heterocycles. The second-order valence-electron chi connectivity index (χ2n) is 5.71. The van der Waals surface area contributed by atoms with Crippen molar-refractivity contribution in [3.63, 3.8) is 0 Å². The zero-order valence-corrected chi connectivity index (χ0v) is 13.5. The lowest BCUT2D eigenvalue weighted by Gasteiger charge is -2.32. The second-order valence-corrected chi connectivity index (χ2v) is 6.95. The van der Waals surface area contributed by atoms with Crippen LogP contribution in [0, 0.1) is 9.49 Å². The molecule has 0 radical (unpaired) electrons. The van der Waals surface area contributed by atoms with E-state index < -0.39 is 5.54 Å². The number of halogens is 1. The number of benzene rings is 1. The number of amides is 2. The third-order valence-corrected chi connectivity index (χ3v) is 4.90. The van der Waals surface area contributed by atoms with Crippen molar-refractivity contribution in [2.24, 2.45) is 5.92 Å². The van der Waals surface area contributed by atoms with Crippen LogP contribution in [0.15, 0.2) is 24.3 Å². The van der Waals surface area contributed by atoms with Gasteiger partial charge < -0.3 is 10.2 Å². The molecule has 1 heterocycles. The maximum absolute atomic E-state index is 12.9. The first-order valence-electron chi connectivity index (χ1n) is 6.89. The molecule has 1 aliphatic carbocycles. The van der Waals surface area contributed by atoms with E-state index in [1.807, 2.05) is 31.2 Å². The molecule has 3 rings (SSSR count). The van der Waals surface area contributed by atoms with E-state index in [9.17, 15) is 9.59 Å². The predicted octanol–water partition coefficient (Wildman–Crippen LogP) is 2.31. The highest BCUT2D eigenvalue weighted by Crippen LogP contribution is 2.41. The minimum atomic E-state index is -0.740. The Hall–Kier alpha value is -1.11. The van der Waals surface area contributed by atoms with Gasteiger partial charge in [0.05, 0.1) is 0 Å². The lowest BCUT2D eigenvalue weighted by molar-refractivity contribution is -0.130. The van der Waals surface area contributed by atoms with E-state index in [0.717, 1.165) is 22.1 Å². The van der Waals surface area contributed by atoms with Gasteiger partial charge in [-0.15, -0.1) is 0 Å². The Bertz CT molecular complexity index is 553. The minimum absolute atomic E-state index is 0.0204. The van der Waals surface area contributed by atoms with E-state index in [1.165, 1.54) is 0 Å². The van der Waals surface area contributed by atoms with Gasteiger partial charge in [-0.2, -0.15) is 0 Å². The zero-order chi connectivity index (χ0) is 14.3. The lowest BCUT2D eigenvalue weighted by Crippen LogP contribution is -2.56. The molecule has 1 aliphatic heterocycles. The molecule has 1 N–H and O–H groups in total.